The summed E-state index contributed by atoms with van der Waals surface area (Å²) in [6.45, 7) is 0. The molecule has 0 bridgehead atoms. The molecule has 1 aromatic heterocycles. The maximum Gasteiger partial charge on any atom is 0.223 e. The summed E-state index contributed by atoms with van der Waals surface area (Å²) in [5, 5.41) is 1.28. The second-order valence-corrected chi connectivity index (χ2v) is 4.15. The zero-order valence-electron chi connectivity index (χ0n) is 7.82. The maximum absolute atomic E-state index is 5.82. The molecule has 0 fully saturated rings. The fourth-order valence-electron chi connectivity index (χ4n) is 1.08. The van der Waals surface area contributed by atoms with Gasteiger partial charge in [-0.25, -0.2) is 9.97 Å². The quantitative estimate of drug-likeness (QED) is 0.769. The largest absolute Gasteiger partial charge is 0.439 e. The van der Waals surface area contributed by atoms with Crippen LogP contribution in [0.15, 0.2) is 30.6 Å². The van der Waals surface area contributed by atoms with E-state index < -0.39 is 0 Å². The first-order valence-corrected chi connectivity index (χ1v) is 5.38. The number of ether oxygens (including phenoxy) is 1. The molecule has 6 heteroatoms. The van der Waals surface area contributed by atoms with Crippen molar-refractivity contribution in [2.45, 2.75) is 0 Å². The summed E-state index contributed by atoms with van der Waals surface area (Å²) in [5.41, 5.74) is 0. The van der Waals surface area contributed by atoms with E-state index in [1.54, 1.807) is 18.2 Å². The molecule has 1 heterocycles. The van der Waals surface area contributed by atoms with Crippen LogP contribution in [0.5, 0.6) is 11.6 Å². The molecule has 0 saturated carbocycles. The van der Waals surface area contributed by atoms with E-state index in [1.165, 1.54) is 12.4 Å². The van der Waals surface area contributed by atoms with Gasteiger partial charge >= 0.3 is 0 Å². The van der Waals surface area contributed by atoms with Crippen molar-refractivity contribution in [2.75, 3.05) is 0 Å². The molecule has 0 saturated heterocycles. The lowest BCUT2D eigenvalue weighted by Gasteiger charge is -2.05. The summed E-state index contributed by atoms with van der Waals surface area (Å²) < 4.78 is 5.42. The van der Waals surface area contributed by atoms with Gasteiger partial charge in [-0.3, -0.25) is 0 Å². The standard InChI is InChI=1S/C10H5Cl3N2O/c11-6-1-7(12)3-8(2-6)16-10-4-9(13)14-5-15-10/h1-5H. The van der Waals surface area contributed by atoms with Crippen molar-refractivity contribution >= 4 is 34.8 Å². The van der Waals surface area contributed by atoms with E-state index in [9.17, 15) is 0 Å². The van der Waals surface area contributed by atoms with Gasteiger partial charge in [0, 0.05) is 16.1 Å². The molecule has 0 aliphatic carbocycles. The molecule has 3 nitrogen and oxygen atoms in total. The van der Waals surface area contributed by atoms with Crippen molar-refractivity contribution in [3.8, 4) is 11.6 Å². The Labute approximate surface area is 107 Å². The third-order valence-corrected chi connectivity index (χ3v) is 2.31. The van der Waals surface area contributed by atoms with E-state index in [0.29, 0.717) is 26.8 Å². The Kier molecular flexibility index (Phi) is 3.49. The fraction of sp³-hybridized carbons (Fsp3) is 0. The summed E-state index contributed by atoms with van der Waals surface area (Å²) in [4.78, 5) is 7.63. The average molecular weight is 276 g/mol. The molecule has 0 spiro atoms. The first-order valence-electron chi connectivity index (χ1n) is 4.25. The Hall–Kier alpha value is -1.03. The molecule has 2 rings (SSSR count). The minimum atomic E-state index is 0.304. The van der Waals surface area contributed by atoms with Crippen LogP contribution in [-0.2, 0) is 0 Å². The molecule has 0 radical (unpaired) electrons. The van der Waals surface area contributed by atoms with Crippen LogP contribution in [-0.4, -0.2) is 9.97 Å². The zero-order chi connectivity index (χ0) is 11.5. The number of rotatable bonds is 2. The van der Waals surface area contributed by atoms with Crippen molar-refractivity contribution < 1.29 is 4.74 Å². The van der Waals surface area contributed by atoms with Gasteiger partial charge in [-0.05, 0) is 18.2 Å². The topological polar surface area (TPSA) is 35.0 Å². The minimum Gasteiger partial charge on any atom is -0.439 e. The highest BCUT2D eigenvalue weighted by atomic mass is 35.5. The molecule has 16 heavy (non-hydrogen) atoms. The van der Waals surface area contributed by atoms with Gasteiger partial charge in [0.2, 0.25) is 5.88 Å². The van der Waals surface area contributed by atoms with Crippen LogP contribution >= 0.6 is 34.8 Å². The monoisotopic (exact) mass is 274 g/mol. The summed E-state index contributed by atoms with van der Waals surface area (Å²) in [6, 6.07) is 6.37. The predicted octanol–water partition coefficient (Wildman–Crippen LogP) is 4.23. The van der Waals surface area contributed by atoms with Gasteiger partial charge in [0.05, 0.1) is 0 Å². The van der Waals surface area contributed by atoms with Gasteiger partial charge in [-0.1, -0.05) is 34.8 Å². The van der Waals surface area contributed by atoms with Crippen LogP contribution in [0.4, 0.5) is 0 Å². The van der Waals surface area contributed by atoms with E-state index in [4.69, 9.17) is 39.5 Å². The lowest BCUT2D eigenvalue weighted by Crippen LogP contribution is -1.88. The summed E-state index contributed by atoms with van der Waals surface area (Å²) in [5.74, 6) is 0.825. The minimum absolute atomic E-state index is 0.304. The maximum atomic E-state index is 5.82. The second kappa shape index (κ2) is 4.87. The lowest BCUT2D eigenvalue weighted by molar-refractivity contribution is 0.461. The summed E-state index contributed by atoms with van der Waals surface area (Å²) >= 11 is 17.3. The SMILES string of the molecule is Clc1cc(Cl)cc(Oc2cc(Cl)ncn2)c1. The van der Waals surface area contributed by atoms with Gasteiger partial charge < -0.3 is 4.74 Å². The van der Waals surface area contributed by atoms with Crippen LogP contribution in [0.25, 0.3) is 0 Å². The van der Waals surface area contributed by atoms with Gasteiger partial charge in [-0.2, -0.15) is 0 Å². The molecule has 0 unspecified atom stereocenters. The molecular weight excluding hydrogens is 270 g/mol. The van der Waals surface area contributed by atoms with Gasteiger partial charge in [0.15, 0.2) is 0 Å². The molecule has 0 atom stereocenters. The van der Waals surface area contributed by atoms with E-state index >= 15 is 0 Å². The highest BCUT2D eigenvalue weighted by Gasteiger charge is 2.02. The van der Waals surface area contributed by atoms with Crippen molar-refractivity contribution in [1.29, 1.82) is 0 Å². The number of hydrogen-bond donors (Lipinski definition) is 0. The van der Waals surface area contributed by atoms with E-state index in [-0.39, 0.29) is 0 Å². The normalized spacial score (nSPS) is 10.2. The number of nitrogens with zero attached hydrogens (tertiary/aromatic N) is 2. The Morgan fingerprint density at radius 2 is 1.56 bits per heavy atom. The molecule has 82 valence electrons. The van der Waals surface area contributed by atoms with Crippen molar-refractivity contribution in [1.82, 2.24) is 9.97 Å². The van der Waals surface area contributed by atoms with Crippen molar-refractivity contribution in [3.05, 3.63) is 45.8 Å². The molecule has 0 N–H and O–H groups in total. The average Bonchev–Trinajstić information content (AvgIpc) is 2.15. The van der Waals surface area contributed by atoms with Gasteiger partial charge in [0.25, 0.3) is 0 Å². The third kappa shape index (κ3) is 2.98. The summed E-state index contributed by atoms with van der Waals surface area (Å²) in [6.07, 6.45) is 1.31. The van der Waals surface area contributed by atoms with Crippen LogP contribution in [0.3, 0.4) is 0 Å². The van der Waals surface area contributed by atoms with E-state index in [0.717, 1.165) is 0 Å². The molecule has 1 aromatic carbocycles. The van der Waals surface area contributed by atoms with Crippen LogP contribution in [0.1, 0.15) is 0 Å². The van der Waals surface area contributed by atoms with E-state index in [1.807, 2.05) is 0 Å². The molecule has 0 aliphatic rings. The molecule has 2 aromatic rings. The molecule has 0 aliphatic heterocycles. The van der Waals surface area contributed by atoms with Crippen molar-refractivity contribution in [3.63, 3.8) is 0 Å². The highest BCUT2D eigenvalue weighted by Crippen LogP contribution is 2.27. The van der Waals surface area contributed by atoms with Crippen LogP contribution in [0.2, 0.25) is 15.2 Å². The zero-order valence-corrected chi connectivity index (χ0v) is 10.1. The van der Waals surface area contributed by atoms with Crippen molar-refractivity contribution in [2.24, 2.45) is 0 Å². The fourth-order valence-corrected chi connectivity index (χ4v) is 1.72. The number of benzene rings is 1. The smallest absolute Gasteiger partial charge is 0.223 e. The molecule has 0 amide bonds. The Morgan fingerprint density at radius 3 is 2.19 bits per heavy atom. The first kappa shape index (κ1) is 11.5. The number of hydrogen-bond acceptors (Lipinski definition) is 3. The molecular formula is C10H5Cl3N2O. The Bertz CT molecular complexity index is 499. The van der Waals surface area contributed by atoms with Gasteiger partial charge in [0.1, 0.15) is 17.2 Å². The number of halogens is 3. The van der Waals surface area contributed by atoms with E-state index in [2.05, 4.69) is 9.97 Å². The number of aromatic nitrogens is 2. The first-order chi connectivity index (χ1) is 7.63. The van der Waals surface area contributed by atoms with Gasteiger partial charge in [-0.15, -0.1) is 0 Å². The van der Waals surface area contributed by atoms with Crippen LogP contribution in [0, 0.1) is 0 Å². The third-order valence-electron chi connectivity index (χ3n) is 1.67. The predicted molar refractivity (Wildman–Crippen MR) is 63.6 cm³/mol. The highest BCUT2D eigenvalue weighted by molar-refractivity contribution is 6.34. The van der Waals surface area contributed by atoms with Crippen LogP contribution < -0.4 is 4.74 Å². The second-order valence-electron chi connectivity index (χ2n) is 2.89. The lowest BCUT2D eigenvalue weighted by atomic mass is 10.3. The Morgan fingerprint density at radius 1 is 0.875 bits per heavy atom. The summed E-state index contributed by atoms with van der Waals surface area (Å²) in [7, 11) is 0. The Balaban J connectivity index is 2.27.